The highest BCUT2D eigenvalue weighted by molar-refractivity contribution is 5.87. The summed E-state index contributed by atoms with van der Waals surface area (Å²) in [6.45, 7) is 3.68. The monoisotopic (exact) mass is 176 g/mol. The molecule has 0 fully saturated rings. The number of nitrogens with one attached hydrogen (secondary N) is 1. The van der Waals surface area contributed by atoms with Gasteiger partial charge in [0.25, 0.3) is 0 Å². The molecule has 2 heterocycles. The molecule has 0 aromatic carbocycles. The Bertz CT molecular complexity index is 314. The van der Waals surface area contributed by atoms with Gasteiger partial charge in [-0.1, -0.05) is 6.08 Å². The predicted octanol–water partition coefficient (Wildman–Crippen LogP) is 2.25. The van der Waals surface area contributed by atoms with E-state index in [0.29, 0.717) is 0 Å². The summed E-state index contributed by atoms with van der Waals surface area (Å²) in [5, 5.41) is 4.20. The fourth-order valence-corrected chi connectivity index (χ4v) is 1.45. The largest absolute Gasteiger partial charge is 0.467 e. The summed E-state index contributed by atoms with van der Waals surface area (Å²) >= 11 is 0. The van der Waals surface area contributed by atoms with Crippen LogP contribution in [0.2, 0.25) is 0 Å². The normalized spacial score (nSPS) is 20.9. The van der Waals surface area contributed by atoms with Crippen molar-refractivity contribution in [1.29, 1.82) is 0 Å². The molecule has 2 rings (SSSR count). The highest BCUT2D eigenvalue weighted by Gasteiger charge is 2.20. The highest BCUT2D eigenvalue weighted by Crippen LogP contribution is 2.22. The second-order valence-corrected chi connectivity index (χ2v) is 3.07. The van der Waals surface area contributed by atoms with Crippen LogP contribution in [-0.2, 0) is 0 Å². The molecule has 68 valence electrons. The lowest BCUT2D eigenvalue weighted by Gasteiger charge is -2.04. The molecular weight excluding hydrogens is 164 g/mol. The highest BCUT2D eigenvalue weighted by atomic mass is 16.3. The molecule has 1 atom stereocenters. The van der Waals surface area contributed by atoms with Gasteiger partial charge in [-0.15, -0.1) is 6.58 Å². The molecule has 1 aromatic heterocycles. The van der Waals surface area contributed by atoms with E-state index in [4.69, 9.17) is 4.42 Å². The quantitative estimate of drug-likeness (QED) is 0.717. The average molecular weight is 176 g/mol. The van der Waals surface area contributed by atoms with Gasteiger partial charge < -0.3 is 4.42 Å². The van der Waals surface area contributed by atoms with E-state index in [0.717, 1.165) is 24.3 Å². The van der Waals surface area contributed by atoms with Crippen molar-refractivity contribution in [2.75, 3.05) is 0 Å². The van der Waals surface area contributed by atoms with Crippen molar-refractivity contribution in [2.45, 2.75) is 18.9 Å². The van der Waals surface area contributed by atoms with Crippen LogP contribution < -0.4 is 5.43 Å². The zero-order valence-electron chi connectivity index (χ0n) is 7.36. The van der Waals surface area contributed by atoms with Gasteiger partial charge in [0.2, 0.25) is 0 Å². The Hall–Kier alpha value is -1.51. The van der Waals surface area contributed by atoms with E-state index in [9.17, 15) is 0 Å². The maximum Gasteiger partial charge on any atom is 0.128 e. The lowest BCUT2D eigenvalue weighted by Crippen LogP contribution is -2.08. The third-order valence-corrected chi connectivity index (χ3v) is 2.08. The zero-order chi connectivity index (χ0) is 9.10. The van der Waals surface area contributed by atoms with Crippen molar-refractivity contribution in [1.82, 2.24) is 5.43 Å². The minimum Gasteiger partial charge on any atom is -0.467 e. The van der Waals surface area contributed by atoms with Crippen molar-refractivity contribution >= 4 is 5.71 Å². The molecule has 1 aliphatic heterocycles. The van der Waals surface area contributed by atoms with Gasteiger partial charge in [-0.25, -0.2) is 0 Å². The molecule has 0 saturated carbocycles. The molecular formula is C10H12N2O. The van der Waals surface area contributed by atoms with Gasteiger partial charge in [-0.2, -0.15) is 5.10 Å². The minimum atomic E-state index is 0.213. The SMILES string of the molecule is C=CCC1=NNC(c2ccco2)C1. The van der Waals surface area contributed by atoms with E-state index < -0.39 is 0 Å². The van der Waals surface area contributed by atoms with Crippen LogP contribution in [0.1, 0.15) is 24.6 Å². The maximum absolute atomic E-state index is 5.28. The molecule has 0 saturated heterocycles. The van der Waals surface area contributed by atoms with Crippen molar-refractivity contribution < 1.29 is 4.42 Å². The third-order valence-electron chi connectivity index (χ3n) is 2.08. The van der Waals surface area contributed by atoms with E-state index in [-0.39, 0.29) is 6.04 Å². The molecule has 1 unspecified atom stereocenters. The fraction of sp³-hybridized carbons (Fsp3) is 0.300. The molecule has 3 heteroatoms. The summed E-state index contributed by atoms with van der Waals surface area (Å²) < 4.78 is 5.28. The number of allylic oxidation sites excluding steroid dienone is 1. The van der Waals surface area contributed by atoms with Gasteiger partial charge in [0.15, 0.2) is 0 Å². The maximum atomic E-state index is 5.28. The lowest BCUT2D eigenvalue weighted by molar-refractivity contribution is 0.440. The molecule has 0 bridgehead atoms. The van der Waals surface area contributed by atoms with Crippen LogP contribution in [0.25, 0.3) is 0 Å². The van der Waals surface area contributed by atoms with Crippen molar-refractivity contribution in [3.63, 3.8) is 0 Å². The average Bonchev–Trinajstić information content (AvgIpc) is 2.70. The van der Waals surface area contributed by atoms with Gasteiger partial charge in [0.1, 0.15) is 11.8 Å². The first-order valence-electron chi connectivity index (χ1n) is 4.35. The standard InChI is InChI=1S/C10H12N2O/c1-2-4-8-7-9(12-11-8)10-5-3-6-13-10/h2-3,5-6,9,12H,1,4,7H2. The second kappa shape index (κ2) is 3.47. The second-order valence-electron chi connectivity index (χ2n) is 3.07. The summed E-state index contributed by atoms with van der Waals surface area (Å²) in [6.07, 6.45) is 5.32. The van der Waals surface area contributed by atoms with Gasteiger partial charge in [0.05, 0.1) is 6.26 Å². The fourth-order valence-electron chi connectivity index (χ4n) is 1.45. The molecule has 0 spiro atoms. The van der Waals surface area contributed by atoms with E-state index in [2.05, 4.69) is 17.1 Å². The molecule has 13 heavy (non-hydrogen) atoms. The Balaban J connectivity index is 1.99. The Morgan fingerprint density at radius 1 is 1.77 bits per heavy atom. The molecule has 0 amide bonds. The first-order chi connectivity index (χ1) is 6.40. The molecule has 3 nitrogen and oxygen atoms in total. The number of nitrogens with zero attached hydrogens (tertiary/aromatic N) is 1. The minimum absolute atomic E-state index is 0.213. The molecule has 1 N–H and O–H groups in total. The van der Waals surface area contributed by atoms with Crippen LogP contribution >= 0.6 is 0 Å². The van der Waals surface area contributed by atoms with Crippen LogP contribution in [0.5, 0.6) is 0 Å². The molecule has 1 aliphatic rings. The number of rotatable bonds is 3. The topological polar surface area (TPSA) is 37.5 Å². The Labute approximate surface area is 77.1 Å². The van der Waals surface area contributed by atoms with Gasteiger partial charge >= 0.3 is 0 Å². The van der Waals surface area contributed by atoms with Crippen LogP contribution in [0, 0.1) is 0 Å². The van der Waals surface area contributed by atoms with E-state index in [1.807, 2.05) is 18.2 Å². The lowest BCUT2D eigenvalue weighted by atomic mass is 10.1. The van der Waals surface area contributed by atoms with Gasteiger partial charge in [-0.05, 0) is 12.1 Å². The Morgan fingerprint density at radius 3 is 3.38 bits per heavy atom. The Morgan fingerprint density at radius 2 is 2.69 bits per heavy atom. The summed E-state index contributed by atoms with van der Waals surface area (Å²) in [6, 6.07) is 4.07. The first-order valence-corrected chi connectivity index (χ1v) is 4.35. The summed E-state index contributed by atoms with van der Waals surface area (Å²) in [4.78, 5) is 0. The summed E-state index contributed by atoms with van der Waals surface area (Å²) in [7, 11) is 0. The van der Waals surface area contributed by atoms with Crippen LogP contribution in [0.15, 0.2) is 40.6 Å². The van der Waals surface area contributed by atoms with Crippen LogP contribution in [0.4, 0.5) is 0 Å². The van der Waals surface area contributed by atoms with E-state index >= 15 is 0 Å². The predicted molar refractivity (Wildman–Crippen MR) is 51.5 cm³/mol. The number of furan rings is 1. The van der Waals surface area contributed by atoms with Gasteiger partial charge in [0, 0.05) is 18.6 Å². The van der Waals surface area contributed by atoms with Crippen molar-refractivity contribution in [2.24, 2.45) is 5.10 Å². The third kappa shape index (κ3) is 1.64. The van der Waals surface area contributed by atoms with Crippen LogP contribution in [-0.4, -0.2) is 5.71 Å². The number of hydrogen-bond acceptors (Lipinski definition) is 3. The number of hydrazone groups is 1. The van der Waals surface area contributed by atoms with Crippen molar-refractivity contribution in [3.05, 3.63) is 36.8 Å². The molecule has 0 radical (unpaired) electrons. The van der Waals surface area contributed by atoms with Crippen molar-refractivity contribution in [3.8, 4) is 0 Å². The molecule has 1 aromatic rings. The molecule has 0 aliphatic carbocycles. The first kappa shape index (κ1) is 8.10. The van der Waals surface area contributed by atoms with Gasteiger partial charge in [-0.3, -0.25) is 5.43 Å². The van der Waals surface area contributed by atoms with E-state index in [1.54, 1.807) is 6.26 Å². The summed E-state index contributed by atoms with van der Waals surface area (Å²) in [5.41, 5.74) is 4.18. The number of hydrogen-bond donors (Lipinski definition) is 1. The van der Waals surface area contributed by atoms with E-state index in [1.165, 1.54) is 0 Å². The van der Waals surface area contributed by atoms with Crippen LogP contribution in [0.3, 0.4) is 0 Å². The Kier molecular flexibility index (Phi) is 2.17. The smallest absolute Gasteiger partial charge is 0.128 e. The zero-order valence-corrected chi connectivity index (χ0v) is 7.36. The summed E-state index contributed by atoms with van der Waals surface area (Å²) in [5.74, 6) is 0.947.